The van der Waals surface area contributed by atoms with Crippen LogP contribution in [0.2, 0.25) is 5.02 Å². The number of hydrogen-bond donors (Lipinski definition) is 1. The second kappa shape index (κ2) is 6.64. The lowest BCUT2D eigenvalue weighted by atomic mass is 9.88. The quantitative estimate of drug-likeness (QED) is 0.835. The van der Waals surface area contributed by atoms with Gasteiger partial charge in [-0.1, -0.05) is 37.6 Å². The maximum absolute atomic E-state index is 8.58. The molecule has 1 N–H and O–H groups in total. The molecule has 0 fully saturated rings. The number of hydrogen-bond acceptors (Lipinski definition) is 2. The van der Waals surface area contributed by atoms with Crippen molar-refractivity contribution in [3.05, 3.63) is 34.9 Å². The molecule has 92 valence electrons. The van der Waals surface area contributed by atoms with Gasteiger partial charge in [0.15, 0.2) is 0 Å². The molecule has 1 aromatic carbocycles. The maximum atomic E-state index is 8.58. The third-order valence-electron chi connectivity index (χ3n) is 2.76. The Bertz CT molecular complexity index is 376. The number of nitrogens with one attached hydrogen (secondary N) is 1. The predicted molar refractivity (Wildman–Crippen MR) is 71.8 cm³/mol. The highest BCUT2D eigenvalue weighted by Crippen LogP contribution is 2.20. The summed E-state index contributed by atoms with van der Waals surface area (Å²) in [5.41, 5.74) is 1.40. The largest absolute Gasteiger partial charge is 0.312 e. The second-order valence-corrected chi connectivity index (χ2v) is 5.49. The first-order valence-electron chi connectivity index (χ1n) is 5.86. The van der Waals surface area contributed by atoms with Crippen LogP contribution in [-0.2, 0) is 6.54 Å². The summed E-state index contributed by atoms with van der Waals surface area (Å²) in [6.07, 6.45) is 1.55. The van der Waals surface area contributed by atoms with Crippen molar-refractivity contribution in [1.82, 2.24) is 5.32 Å². The zero-order valence-corrected chi connectivity index (χ0v) is 11.2. The molecule has 1 rings (SSSR count). The standard InChI is InChI=1S/C14H19ClN2/c1-14(2,8-3-9-16)11-17-10-12-4-6-13(15)7-5-12/h4-7,17H,3,8,10-11H2,1-2H3. The number of halogens is 1. The van der Waals surface area contributed by atoms with Crippen molar-refractivity contribution < 1.29 is 0 Å². The van der Waals surface area contributed by atoms with E-state index >= 15 is 0 Å². The van der Waals surface area contributed by atoms with E-state index in [1.54, 1.807) is 0 Å². The van der Waals surface area contributed by atoms with E-state index in [9.17, 15) is 0 Å². The minimum absolute atomic E-state index is 0.169. The van der Waals surface area contributed by atoms with Gasteiger partial charge in [-0.2, -0.15) is 5.26 Å². The van der Waals surface area contributed by atoms with Gasteiger partial charge >= 0.3 is 0 Å². The summed E-state index contributed by atoms with van der Waals surface area (Å²) in [4.78, 5) is 0. The second-order valence-electron chi connectivity index (χ2n) is 5.05. The molecule has 0 aliphatic carbocycles. The average molecular weight is 251 g/mol. The number of benzene rings is 1. The average Bonchev–Trinajstić information content (AvgIpc) is 2.29. The third kappa shape index (κ3) is 5.72. The van der Waals surface area contributed by atoms with Crippen LogP contribution < -0.4 is 5.32 Å². The monoisotopic (exact) mass is 250 g/mol. The zero-order valence-electron chi connectivity index (χ0n) is 10.5. The van der Waals surface area contributed by atoms with Gasteiger partial charge in [-0.3, -0.25) is 0 Å². The normalized spacial score (nSPS) is 11.2. The fourth-order valence-corrected chi connectivity index (χ4v) is 1.76. The van der Waals surface area contributed by atoms with Gasteiger partial charge in [0, 0.05) is 24.5 Å². The van der Waals surface area contributed by atoms with Crippen LogP contribution in [0.1, 0.15) is 32.3 Å². The lowest BCUT2D eigenvalue weighted by Gasteiger charge is -2.23. The third-order valence-corrected chi connectivity index (χ3v) is 3.01. The molecule has 0 unspecified atom stereocenters. The Morgan fingerprint density at radius 3 is 2.53 bits per heavy atom. The van der Waals surface area contributed by atoms with Gasteiger partial charge in [0.1, 0.15) is 0 Å². The first-order valence-corrected chi connectivity index (χ1v) is 6.23. The van der Waals surface area contributed by atoms with Crippen molar-refractivity contribution in [2.75, 3.05) is 6.54 Å². The Kier molecular flexibility index (Phi) is 5.47. The Balaban J connectivity index is 2.32. The molecule has 0 amide bonds. The Hall–Kier alpha value is -1.04. The number of nitriles is 1. The molecule has 0 aliphatic rings. The van der Waals surface area contributed by atoms with Crippen molar-refractivity contribution in [3.63, 3.8) is 0 Å². The summed E-state index contributed by atoms with van der Waals surface area (Å²) in [6, 6.07) is 10.1. The van der Waals surface area contributed by atoms with Crippen molar-refractivity contribution in [2.45, 2.75) is 33.2 Å². The molecule has 1 aromatic rings. The highest BCUT2D eigenvalue weighted by molar-refractivity contribution is 6.30. The van der Waals surface area contributed by atoms with Crippen LogP contribution in [0.4, 0.5) is 0 Å². The Labute approximate surface area is 109 Å². The summed E-state index contributed by atoms with van der Waals surface area (Å²) < 4.78 is 0. The molecule has 0 saturated heterocycles. The lowest BCUT2D eigenvalue weighted by molar-refractivity contribution is 0.317. The molecule has 0 radical (unpaired) electrons. The van der Waals surface area contributed by atoms with E-state index < -0.39 is 0 Å². The molecule has 2 nitrogen and oxygen atoms in total. The zero-order chi connectivity index (χ0) is 12.7. The summed E-state index contributed by atoms with van der Waals surface area (Å²) >= 11 is 5.82. The predicted octanol–water partition coefficient (Wildman–Crippen LogP) is 3.76. The van der Waals surface area contributed by atoms with E-state index in [1.807, 2.05) is 24.3 Å². The molecule has 3 heteroatoms. The van der Waals surface area contributed by atoms with E-state index in [0.29, 0.717) is 6.42 Å². The first kappa shape index (κ1) is 14.0. The van der Waals surface area contributed by atoms with E-state index in [2.05, 4.69) is 25.2 Å². The van der Waals surface area contributed by atoms with E-state index in [-0.39, 0.29) is 5.41 Å². The summed E-state index contributed by atoms with van der Waals surface area (Å²) in [6.45, 7) is 6.11. The Morgan fingerprint density at radius 1 is 1.29 bits per heavy atom. The van der Waals surface area contributed by atoms with Crippen molar-refractivity contribution in [1.29, 1.82) is 5.26 Å². The SMILES string of the molecule is CC(C)(CCC#N)CNCc1ccc(Cl)cc1. The molecular weight excluding hydrogens is 232 g/mol. The molecule has 17 heavy (non-hydrogen) atoms. The molecule has 0 aromatic heterocycles. The van der Waals surface area contributed by atoms with Gasteiger partial charge in [-0.25, -0.2) is 0 Å². The molecule has 0 heterocycles. The van der Waals surface area contributed by atoms with Crippen LogP contribution in [0.5, 0.6) is 0 Å². The van der Waals surface area contributed by atoms with Crippen molar-refractivity contribution in [3.8, 4) is 6.07 Å². The van der Waals surface area contributed by atoms with Crippen LogP contribution >= 0.6 is 11.6 Å². The number of nitrogens with zero attached hydrogens (tertiary/aromatic N) is 1. The van der Waals surface area contributed by atoms with E-state index in [1.165, 1.54) is 5.56 Å². The summed E-state index contributed by atoms with van der Waals surface area (Å²) in [5, 5.41) is 12.8. The Morgan fingerprint density at radius 2 is 1.94 bits per heavy atom. The summed E-state index contributed by atoms with van der Waals surface area (Å²) in [5.74, 6) is 0. The van der Waals surface area contributed by atoms with Gasteiger partial charge in [-0.05, 0) is 29.5 Å². The topological polar surface area (TPSA) is 35.8 Å². The highest BCUT2D eigenvalue weighted by atomic mass is 35.5. The van der Waals surface area contributed by atoms with Crippen LogP contribution in [0.25, 0.3) is 0 Å². The van der Waals surface area contributed by atoms with Gasteiger partial charge < -0.3 is 5.32 Å². The van der Waals surface area contributed by atoms with E-state index in [4.69, 9.17) is 16.9 Å². The van der Waals surface area contributed by atoms with Crippen molar-refractivity contribution in [2.24, 2.45) is 5.41 Å². The molecular formula is C14H19ClN2. The van der Waals surface area contributed by atoms with Crippen LogP contribution in [0, 0.1) is 16.7 Å². The molecule has 0 aliphatic heterocycles. The highest BCUT2D eigenvalue weighted by Gasteiger charge is 2.16. The molecule has 0 spiro atoms. The van der Waals surface area contributed by atoms with Gasteiger partial charge in [0.25, 0.3) is 0 Å². The number of rotatable bonds is 6. The van der Waals surface area contributed by atoms with Crippen molar-refractivity contribution >= 4 is 11.6 Å². The van der Waals surface area contributed by atoms with Gasteiger partial charge in [0.05, 0.1) is 6.07 Å². The minimum atomic E-state index is 0.169. The first-order chi connectivity index (χ1) is 8.03. The molecule has 0 bridgehead atoms. The van der Waals surface area contributed by atoms with E-state index in [0.717, 1.165) is 24.5 Å². The minimum Gasteiger partial charge on any atom is -0.312 e. The summed E-state index contributed by atoms with van der Waals surface area (Å²) in [7, 11) is 0. The van der Waals surface area contributed by atoms with Crippen LogP contribution in [0.15, 0.2) is 24.3 Å². The maximum Gasteiger partial charge on any atom is 0.0621 e. The van der Waals surface area contributed by atoms with Gasteiger partial charge in [0.2, 0.25) is 0 Å². The lowest BCUT2D eigenvalue weighted by Crippen LogP contribution is -2.28. The van der Waals surface area contributed by atoms with Crippen LogP contribution in [0.3, 0.4) is 0 Å². The fourth-order valence-electron chi connectivity index (χ4n) is 1.63. The van der Waals surface area contributed by atoms with Gasteiger partial charge in [-0.15, -0.1) is 0 Å². The van der Waals surface area contributed by atoms with Crippen LogP contribution in [-0.4, -0.2) is 6.54 Å². The molecule has 0 saturated carbocycles. The smallest absolute Gasteiger partial charge is 0.0621 e. The molecule has 0 atom stereocenters. The fraction of sp³-hybridized carbons (Fsp3) is 0.500.